The number of morpholine rings is 1. The number of likely N-dealkylation sites (tertiary alicyclic amines) is 1. The number of halogens is 1. The first kappa shape index (κ1) is 17.2. The number of para-hydroxylation sites is 1. The summed E-state index contributed by atoms with van der Waals surface area (Å²) in [7, 11) is 0. The molecular weight excluding hydrogens is 309 g/mol. The molecule has 5 nitrogen and oxygen atoms in total. The Labute approximate surface area is 142 Å². The van der Waals surface area contributed by atoms with Crippen LogP contribution in [0, 0.1) is 5.82 Å². The summed E-state index contributed by atoms with van der Waals surface area (Å²) in [6.45, 7) is 4.95. The molecule has 1 atom stereocenters. The minimum absolute atomic E-state index is 0.178. The smallest absolute Gasteiger partial charge is 0.322 e. The highest BCUT2D eigenvalue weighted by Gasteiger charge is 2.28. The fourth-order valence-corrected chi connectivity index (χ4v) is 3.47. The number of carbonyl (C=O) groups is 1. The van der Waals surface area contributed by atoms with E-state index < -0.39 is 5.82 Å². The number of anilines is 1. The molecule has 1 N–H and O–H groups in total. The predicted molar refractivity (Wildman–Crippen MR) is 91.6 cm³/mol. The molecule has 0 aliphatic carbocycles. The third-order valence-corrected chi connectivity index (χ3v) is 4.83. The molecule has 2 aliphatic heterocycles. The maximum Gasteiger partial charge on any atom is 0.322 e. The number of rotatable bonds is 3. The highest BCUT2D eigenvalue weighted by atomic mass is 19.1. The zero-order valence-electron chi connectivity index (χ0n) is 14.0. The molecular formula is C18H26FN3O2. The van der Waals surface area contributed by atoms with Crippen LogP contribution < -0.4 is 5.32 Å². The summed E-state index contributed by atoms with van der Waals surface area (Å²) < 4.78 is 19.2. The molecule has 0 saturated carbocycles. The summed E-state index contributed by atoms with van der Waals surface area (Å²) in [6.07, 6.45) is 4.29. The zero-order chi connectivity index (χ0) is 16.8. The van der Waals surface area contributed by atoms with Gasteiger partial charge in [-0.1, -0.05) is 25.0 Å². The van der Waals surface area contributed by atoms with Crippen molar-refractivity contribution in [2.75, 3.05) is 44.7 Å². The van der Waals surface area contributed by atoms with Crippen LogP contribution in [0.3, 0.4) is 0 Å². The number of nitrogens with one attached hydrogen (secondary N) is 1. The largest absolute Gasteiger partial charge is 0.379 e. The van der Waals surface area contributed by atoms with Crippen LogP contribution in [0.2, 0.25) is 0 Å². The average molecular weight is 335 g/mol. The SMILES string of the molecule is O=C(Nc1ccccc1F)N1CCCCC[C@@H]1CN1CCOCC1. The summed E-state index contributed by atoms with van der Waals surface area (Å²) in [5, 5.41) is 2.74. The second kappa shape index (κ2) is 8.44. The molecule has 0 bridgehead atoms. The number of hydrogen-bond donors (Lipinski definition) is 1. The summed E-state index contributed by atoms with van der Waals surface area (Å²) in [5.41, 5.74) is 0.247. The maximum atomic E-state index is 13.8. The van der Waals surface area contributed by atoms with Crippen molar-refractivity contribution in [1.29, 1.82) is 0 Å². The number of urea groups is 1. The van der Waals surface area contributed by atoms with Crippen LogP contribution in [-0.2, 0) is 4.74 Å². The lowest BCUT2D eigenvalue weighted by Crippen LogP contribution is -2.50. The van der Waals surface area contributed by atoms with Gasteiger partial charge in [-0.25, -0.2) is 9.18 Å². The molecule has 2 heterocycles. The summed E-state index contributed by atoms with van der Waals surface area (Å²) >= 11 is 0. The molecule has 3 rings (SSSR count). The summed E-state index contributed by atoms with van der Waals surface area (Å²) in [6, 6.07) is 6.30. The summed E-state index contributed by atoms with van der Waals surface area (Å²) in [4.78, 5) is 17.0. The van der Waals surface area contributed by atoms with E-state index in [4.69, 9.17) is 4.74 Å². The molecule has 2 saturated heterocycles. The van der Waals surface area contributed by atoms with Crippen molar-refractivity contribution in [1.82, 2.24) is 9.80 Å². The first-order valence-electron chi connectivity index (χ1n) is 8.86. The molecule has 0 aromatic heterocycles. The van der Waals surface area contributed by atoms with Gasteiger partial charge in [0.25, 0.3) is 0 Å². The number of benzene rings is 1. The van der Waals surface area contributed by atoms with Crippen LogP contribution in [0.5, 0.6) is 0 Å². The first-order valence-corrected chi connectivity index (χ1v) is 8.86. The Balaban J connectivity index is 1.66. The summed E-state index contributed by atoms with van der Waals surface area (Å²) in [5.74, 6) is -0.398. The zero-order valence-corrected chi connectivity index (χ0v) is 14.0. The van der Waals surface area contributed by atoms with Gasteiger partial charge in [0.05, 0.1) is 18.9 Å². The van der Waals surface area contributed by atoms with Crippen molar-refractivity contribution in [2.24, 2.45) is 0 Å². The first-order chi connectivity index (χ1) is 11.7. The molecule has 1 aromatic rings. The Morgan fingerprint density at radius 3 is 2.75 bits per heavy atom. The van der Waals surface area contributed by atoms with Crippen LogP contribution >= 0.6 is 0 Å². The van der Waals surface area contributed by atoms with Crippen molar-refractivity contribution in [2.45, 2.75) is 31.7 Å². The topological polar surface area (TPSA) is 44.8 Å². The Morgan fingerprint density at radius 2 is 1.96 bits per heavy atom. The van der Waals surface area contributed by atoms with E-state index in [2.05, 4.69) is 10.2 Å². The lowest BCUT2D eigenvalue weighted by molar-refractivity contribution is 0.0266. The van der Waals surface area contributed by atoms with Gasteiger partial charge in [-0.05, 0) is 25.0 Å². The highest BCUT2D eigenvalue weighted by molar-refractivity contribution is 5.89. The van der Waals surface area contributed by atoms with Gasteiger partial charge in [0.15, 0.2) is 0 Å². The van der Waals surface area contributed by atoms with Crippen molar-refractivity contribution in [3.05, 3.63) is 30.1 Å². The van der Waals surface area contributed by atoms with E-state index in [1.807, 2.05) is 4.90 Å². The highest BCUT2D eigenvalue weighted by Crippen LogP contribution is 2.21. The van der Waals surface area contributed by atoms with Crippen LogP contribution in [0.1, 0.15) is 25.7 Å². The lowest BCUT2D eigenvalue weighted by Gasteiger charge is -2.36. The molecule has 0 radical (unpaired) electrons. The van der Waals surface area contributed by atoms with Gasteiger partial charge < -0.3 is 15.0 Å². The Bertz CT molecular complexity index is 549. The monoisotopic (exact) mass is 335 g/mol. The third kappa shape index (κ3) is 4.45. The van der Waals surface area contributed by atoms with E-state index in [0.717, 1.165) is 65.1 Å². The Morgan fingerprint density at radius 1 is 1.17 bits per heavy atom. The fraction of sp³-hybridized carbons (Fsp3) is 0.611. The lowest BCUT2D eigenvalue weighted by atomic mass is 10.1. The number of nitrogens with zero attached hydrogens (tertiary/aromatic N) is 2. The predicted octanol–water partition coefficient (Wildman–Crippen LogP) is 2.93. The number of carbonyl (C=O) groups excluding carboxylic acids is 1. The molecule has 0 spiro atoms. The molecule has 24 heavy (non-hydrogen) atoms. The van der Waals surface area contributed by atoms with Gasteiger partial charge in [0, 0.05) is 32.2 Å². The second-order valence-electron chi connectivity index (χ2n) is 6.52. The van der Waals surface area contributed by atoms with Gasteiger partial charge in [-0.3, -0.25) is 4.90 Å². The van der Waals surface area contributed by atoms with E-state index in [1.54, 1.807) is 18.2 Å². The Kier molecular flexibility index (Phi) is 6.04. The second-order valence-corrected chi connectivity index (χ2v) is 6.52. The molecule has 2 aliphatic rings. The van der Waals surface area contributed by atoms with Crippen LogP contribution in [-0.4, -0.2) is 61.3 Å². The molecule has 1 aromatic carbocycles. The molecule has 132 valence electrons. The van der Waals surface area contributed by atoms with Gasteiger partial charge in [-0.15, -0.1) is 0 Å². The quantitative estimate of drug-likeness (QED) is 0.924. The van der Waals surface area contributed by atoms with Crippen LogP contribution in [0.15, 0.2) is 24.3 Å². The van der Waals surface area contributed by atoms with Crippen molar-refractivity contribution >= 4 is 11.7 Å². The third-order valence-electron chi connectivity index (χ3n) is 4.83. The molecule has 2 amide bonds. The normalized spacial score (nSPS) is 22.9. The van der Waals surface area contributed by atoms with E-state index in [-0.39, 0.29) is 17.8 Å². The minimum Gasteiger partial charge on any atom is -0.379 e. The van der Waals surface area contributed by atoms with Crippen molar-refractivity contribution in [3.8, 4) is 0 Å². The van der Waals surface area contributed by atoms with E-state index >= 15 is 0 Å². The minimum atomic E-state index is -0.398. The van der Waals surface area contributed by atoms with E-state index in [1.165, 1.54) is 6.07 Å². The average Bonchev–Trinajstić information content (AvgIpc) is 2.83. The van der Waals surface area contributed by atoms with Crippen LogP contribution in [0.4, 0.5) is 14.9 Å². The van der Waals surface area contributed by atoms with Gasteiger partial charge in [0.1, 0.15) is 5.82 Å². The van der Waals surface area contributed by atoms with Crippen molar-refractivity contribution < 1.29 is 13.9 Å². The van der Waals surface area contributed by atoms with E-state index in [0.29, 0.717) is 0 Å². The molecule has 0 unspecified atom stereocenters. The maximum absolute atomic E-state index is 13.8. The standard InChI is InChI=1S/C18H26FN3O2/c19-16-7-3-4-8-17(16)20-18(23)22-9-5-1-2-6-15(22)14-21-10-12-24-13-11-21/h3-4,7-8,15H,1-2,5-6,9-14H2,(H,20,23)/t15-/m1/s1. The Hall–Kier alpha value is -1.66. The number of hydrogen-bond acceptors (Lipinski definition) is 3. The fourth-order valence-electron chi connectivity index (χ4n) is 3.47. The van der Waals surface area contributed by atoms with Gasteiger partial charge in [-0.2, -0.15) is 0 Å². The number of amides is 2. The molecule has 2 fully saturated rings. The number of ether oxygens (including phenoxy) is 1. The van der Waals surface area contributed by atoms with Crippen LogP contribution in [0.25, 0.3) is 0 Å². The molecule has 6 heteroatoms. The van der Waals surface area contributed by atoms with Crippen molar-refractivity contribution in [3.63, 3.8) is 0 Å². The van der Waals surface area contributed by atoms with Gasteiger partial charge in [0.2, 0.25) is 0 Å². The van der Waals surface area contributed by atoms with E-state index in [9.17, 15) is 9.18 Å². The van der Waals surface area contributed by atoms with Gasteiger partial charge >= 0.3 is 6.03 Å².